The lowest BCUT2D eigenvalue weighted by molar-refractivity contribution is -0.147. The van der Waals surface area contributed by atoms with Crippen LogP contribution in [0.5, 0.6) is 0 Å². The largest absolute Gasteiger partial charge is 0.455 e. The quantitative estimate of drug-likeness (QED) is 0.389. The number of hydrogen-bond donors (Lipinski definition) is 1. The molecule has 4 atom stereocenters. The smallest absolute Gasteiger partial charge is 0.320 e. The maximum Gasteiger partial charge on any atom is 0.320 e. The summed E-state index contributed by atoms with van der Waals surface area (Å²) in [5.74, 6) is -0.113. The molecule has 0 aromatic carbocycles. The van der Waals surface area contributed by atoms with Crippen molar-refractivity contribution in [3.63, 3.8) is 0 Å². The van der Waals surface area contributed by atoms with Crippen LogP contribution < -0.4 is 5.32 Å². The molecule has 1 heterocycles. The molecular weight excluding hydrogens is 156 g/mol. The lowest BCUT2D eigenvalue weighted by Crippen LogP contribution is -2.44. The zero-order chi connectivity index (χ0) is 6.85. The van der Waals surface area contributed by atoms with Gasteiger partial charge in [-0.2, -0.15) is 0 Å². The van der Waals surface area contributed by atoms with Crippen molar-refractivity contribution in [3.8, 4) is 0 Å². The van der Waals surface area contributed by atoms with Gasteiger partial charge in [-0.1, -0.05) is 9.24 Å². The van der Waals surface area contributed by atoms with Crippen LogP contribution in [0.4, 0.5) is 0 Å². The highest BCUT2D eigenvalue weighted by Crippen LogP contribution is 2.16. The third-order valence-electron chi connectivity index (χ3n) is 1.10. The average molecular weight is 165 g/mol. The number of rotatable bonds is 0. The molecule has 1 N–H and O–H groups in total. The number of nitrogens with one attached hydrogen (secondary N) is 1. The third-order valence-corrected chi connectivity index (χ3v) is 2.71. The van der Waals surface area contributed by atoms with Crippen molar-refractivity contribution in [1.29, 1.82) is 0 Å². The molecule has 52 valence electrons. The van der Waals surface area contributed by atoms with Crippen molar-refractivity contribution in [2.75, 3.05) is 6.54 Å². The summed E-state index contributed by atoms with van der Waals surface area (Å²) in [6.45, 7) is 0.319. The molecule has 0 spiro atoms. The van der Waals surface area contributed by atoms with Crippen LogP contribution in [-0.2, 0) is 9.53 Å². The first kappa shape index (κ1) is 7.40. The third kappa shape index (κ3) is 1.86. The molecule has 1 fully saturated rings. The van der Waals surface area contributed by atoms with Gasteiger partial charge >= 0.3 is 5.97 Å². The lowest BCUT2D eigenvalue weighted by atomic mass is 10.5. The minimum Gasteiger partial charge on any atom is -0.455 e. The van der Waals surface area contributed by atoms with Crippen LogP contribution >= 0.6 is 18.5 Å². The Labute approximate surface area is 58.3 Å². The molecule has 0 aliphatic carbocycles. The second-order valence-corrected chi connectivity index (χ2v) is 3.24. The number of morpholine rings is 1. The highest BCUT2D eigenvalue weighted by atomic mass is 31.0. The molecule has 0 amide bonds. The van der Waals surface area contributed by atoms with Crippen LogP contribution in [0.2, 0.25) is 0 Å². The van der Waals surface area contributed by atoms with Crippen LogP contribution in [0.3, 0.4) is 0 Å². The van der Waals surface area contributed by atoms with E-state index in [9.17, 15) is 4.79 Å². The Kier molecular flexibility index (Phi) is 2.40. The first-order valence-electron chi connectivity index (χ1n) is 2.64. The lowest BCUT2D eigenvalue weighted by Gasteiger charge is -2.25. The van der Waals surface area contributed by atoms with Gasteiger partial charge in [0.2, 0.25) is 0 Å². The Bertz CT molecular complexity index is 130. The van der Waals surface area contributed by atoms with Crippen molar-refractivity contribution in [2.24, 2.45) is 0 Å². The van der Waals surface area contributed by atoms with Gasteiger partial charge in [-0.3, -0.25) is 10.1 Å². The maximum absolute atomic E-state index is 10.5. The maximum atomic E-state index is 10.5. The predicted octanol–water partition coefficient (Wildman–Crippen LogP) is -0.465. The van der Waals surface area contributed by atoms with E-state index in [1.54, 1.807) is 0 Å². The van der Waals surface area contributed by atoms with E-state index in [1.165, 1.54) is 0 Å². The van der Waals surface area contributed by atoms with E-state index in [1.807, 2.05) is 0 Å². The van der Waals surface area contributed by atoms with Gasteiger partial charge in [-0.15, -0.1) is 9.24 Å². The Balaban J connectivity index is 2.44. The fourth-order valence-corrected chi connectivity index (χ4v) is 1.07. The van der Waals surface area contributed by atoms with Crippen LogP contribution in [-0.4, -0.2) is 24.1 Å². The van der Waals surface area contributed by atoms with E-state index < -0.39 is 0 Å². The summed E-state index contributed by atoms with van der Waals surface area (Å²) in [5.41, 5.74) is 0. The molecule has 0 saturated carbocycles. The van der Waals surface area contributed by atoms with E-state index in [0.717, 1.165) is 0 Å². The van der Waals surface area contributed by atoms with Gasteiger partial charge in [0.15, 0.2) is 0 Å². The number of carbonyl (C=O) groups is 1. The van der Waals surface area contributed by atoms with Gasteiger partial charge in [-0.25, -0.2) is 0 Å². The van der Waals surface area contributed by atoms with Crippen LogP contribution in [0.15, 0.2) is 0 Å². The van der Waals surface area contributed by atoms with Gasteiger partial charge in [0.1, 0.15) is 5.85 Å². The van der Waals surface area contributed by atoms with Gasteiger partial charge in [0.05, 0.1) is 12.3 Å². The van der Waals surface area contributed by atoms with Crippen LogP contribution in [0, 0.1) is 0 Å². The molecule has 0 radical (unpaired) electrons. The first-order valence-corrected chi connectivity index (χ1v) is 3.97. The topological polar surface area (TPSA) is 38.3 Å². The van der Waals surface area contributed by atoms with E-state index >= 15 is 0 Å². The second-order valence-electron chi connectivity index (χ2n) is 1.86. The van der Waals surface area contributed by atoms with E-state index in [2.05, 4.69) is 23.8 Å². The van der Waals surface area contributed by atoms with Gasteiger partial charge < -0.3 is 4.74 Å². The fourth-order valence-electron chi connectivity index (χ4n) is 0.584. The molecular formula is C4H9NO2P2. The Morgan fingerprint density at radius 1 is 1.67 bits per heavy atom. The Morgan fingerprint density at radius 2 is 2.33 bits per heavy atom. The molecule has 3 nitrogen and oxygen atoms in total. The summed E-state index contributed by atoms with van der Waals surface area (Å²) in [6, 6.07) is 0. The number of cyclic esters (lactones) is 1. The molecule has 0 aromatic heterocycles. The van der Waals surface area contributed by atoms with Crippen molar-refractivity contribution in [3.05, 3.63) is 0 Å². The number of esters is 1. The molecule has 9 heavy (non-hydrogen) atoms. The molecule has 5 heteroatoms. The van der Waals surface area contributed by atoms with E-state index in [4.69, 9.17) is 4.74 Å². The first-order chi connectivity index (χ1) is 4.20. The SMILES string of the molecule is O=C1CN[C@H](P)[C@H](P)O1. The Hall–Kier alpha value is 0.290. The number of carbonyl (C=O) groups excluding carboxylic acids is 1. The van der Waals surface area contributed by atoms with E-state index in [-0.39, 0.29) is 17.6 Å². The summed E-state index contributed by atoms with van der Waals surface area (Å²) >= 11 is 0. The monoisotopic (exact) mass is 165 g/mol. The van der Waals surface area contributed by atoms with Crippen molar-refractivity contribution >= 4 is 24.4 Å². The summed E-state index contributed by atoms with van der Waals surface area (Å²) in [6.07, 6.45) is 0. The zero-order valence-corrected chi connectivity index (χ0v) is 7.14. The minimum absolute atomic E-state index is 0.101. The van der Waals surface area contributed by atoms with Crippen molar-refractivity contribution in [1.82, 2.24) is 5.32 Å². The molecule has 1 aliphatic rings. The van der Waals surface area contributed by atoms with Gasteiger partial charge in [0.25, 0.3) is 0 Å². The number of hydrogen-bond acceptors (Lipinski definition) is 3. The standard InChI is InChI=1S/C4H9NO2P2/c6-2-1-5-3(8)4(9)7-2/h3-5H,1,8-9H2/t3-,4+/m1/s1. The van der Waals surface area contributed by atoms with E-state index in [0.29, 0.717) is 6.54 Å². The van der Waals surface area contributed by atoms with Crippen molar-refractivity contribution in [2.45, 2.75) is 11.6 Å². The Morgan fingerprint density at radius 3 is 2.78 bits per heavy atom. The molecule has 2 unspecified atom stereocenters. The normalized spacial score (nSPS) is 36.0. The highest BCUT2D eigenvalue weighted by molar-refractivity contribution is 7.23. The number of ether oxygens (including phenoxy) is 1. The average Bonchev–Trinajstić information content (AvgIpc) is 1.80. The minimum atomic E-state index is -0.186. The van der Waals surface area contributed by atoms with Crippen molar-refractivity contribution < 1.29 is 9.53 Å². The van der Waals surface area contributed by atoms with Crippen LogP contribution in [0.1, 0.15) is 0 Å². The van der Waals surface area contributed by atoms with Gasteiger partial charge in [-0.05, 0) is 0 Å². The highest BCUT2D eigenvalue weighted by Gasteiger charge is 2.22. The predicted molar refractivity (Wildman–Crippen MR) is 41.1 cm³/mol. The second kappa shape index (κ2) is 2.92. The summed E-state index contributed by atoms with van der Waals surface area (Å²) in [4.78, 5) is 10.5. The summed E-state index contributed by atoms with van der Waals surface area (Å²) in [7, 11) is 4.99. The molecule has 1 saturated heterocycles. The summed E-state index contributed by atoms with van der Waals surface area (Å²) < 4.78 is 4.84. The molecule has 1 rings (SSSR count). The molecule has 1 aliphatic heterocycles. The van der Waals surface area contributed by atoms with Crippen LogP contribution in [0.25, 0.3) is 0 Å². The van der Waals surface area contributed by atoms with Gasteiger partial charge in [0, 0.05) is 0 Å². The molecule has 0 aromatic rings. The molecule has 0 bridgehead atoms. The zero-order valence-electron chi connectivity index (χ0n) is 4.83. The summed E-state index contributed by atoms with van der Waals surface area (Å²) in [5, 5.41) is 2.95. The fraction of sp³-hybridized carbons (Fsp3) is 0.750.